The third-order valence-corrected chi connectivity index (χ3v) is 4.45. The first-order valence-electron chi connectivity index (χ1n) is 6.41. The summed E-state index contributed by atoms with van der Waals surface area (Å²) in [4.78, 5) is 7.93. The van der Waals surface area contributed by atoms with Crippen molar-refractivity contribution in [1.82, 2.24) is 20.2 Å². The smallest absolute Gasteiger partial charge is 0.181 e. The Kier molecular flexibility index (Phi) is 3.92. The lowest BCUT2D eigenvalue weighted by Crippen LogP contribution is -1.94. The van der Waals surface area contributed by atoms with Gasteiger partial charge in [-0.3, -0.25) is 9.31 Å². The Morgan fingerprint density at radius 3 is 3.19 bits per heavy atom. The van der Waals surface area contributed by atoms with Gasteiger partial charge in [-0.1, -0.05) is 6.08 Å². The van der Waals surface area contributed by atoms with Gasteiger partial charge >= 0.3 is 0 Å². The largest absolute Gasteiger partial charge is 0.359 e. The molecule has 0 saturated carbocycles. The number of halogens is 1. The summed E-state index contributed by atoms with van der Waals surface area (Å²) in [5, 5.41) is 7.96. The summed E-state index contributed by atoms with van der Waals surface area (Å²) in [7, 11) is -1.16. The molecule has 0 saturated heterocycles. The van der Waals surface area contributed by atoms with Crippen LogP contribution in [0.2, 0.25) is 0 Å². The van der Waals surface area contributed by atoms with E-state index in [0.717, 1.165) is 16.8 Å². The van der Waals surface area contributed by atoms with Crippen molar-refractivity contribution in [3.05, 3.63) is 43.0 Å². The number of allylic oxidation sites excluding steroid dienone is 1. The average molecular weight is 304 g/mol. The van der Waals surface area contributed by atoms with E-state index in [9.17, 15) is 8.60 Å². The number of H-pyrrole nitrogens is 2. The van der Waals surface area contributed by atoms with Gasteiger partial charge in [-0.15, -0.1) is 0 Å². The molecule has 7 heteroatoms. The lowest BCUT2D eigenvalue weighted by molar-refractivity contribution is 0.682. The highest BCUT2D eigenvalue weighted by Gasteiger charge is 2.12. The Bertz CT molecular complexity index is 808. The molecule has 1 unspecified atom stereocenters. The van der Waals surface area contributed by atoms with Crippen molar-refractivity contribution in [2.45, 2.75) is 11.3 Å². The number of fused-ring (bicyclic) bond motifs is 1. The van der Waals surface area contributed by atoms with E-state index in [4.69, 9.17) is 0 Å². The van der Waals surface area contributed by atoms with E-state index in [0.29, 0.717) is 29.0 Å². The van der Waals surface area contributed by atoms with Gasteiger partial charge in [-0.05, 0) is 24.6 Å². The molecule has 3 aromatic heterocycles. The third-order valence-electron chi connectivity index (χ3n) is 3.08. The van der Waals surface area contributed by atoms with Gasteiger partial charge in [0.25, 0.3) is 0 Å². The van der Waals surface area contributed by atoms with Crippen LogP contribution in [0.25, 0.3) is 22.4 Å². The fourth-order valence-electron chi connectivity index (χ4n) is 2.06. The van der Waals surface area contributed by atoms with Gasteiger partial charge in [0.05, 0.1) is 33.4 Å². The maximum atomic E-state index is 12.1. The standard InChI is InChI=1S/C14H13FN4OS/c15-5-1-2-7-21(20)10-8-12(17-9-10)13-11-4-3-6-16-14(11)19-18-13/h1,3-6,8-9,17H,2,7H2,(H,16,18,19)/b5-1+. The fourth-order valence-corrected chi connectivity index (χ4v) is 3.09. The Labute approximate surface area is 122 Å². The van der Waals surface area contributed by atoms with Crippen LogP contribution in [0.5, 0.6) is 0 Å². The van der Waals surface area contributed by atoms with E-state index in [-0.39, 0.29) is 0 Å². The molecule has 0 bridgehead atoms. The Morgan fingerprint density at radius 2 is 2.33 bits per heavy atom. The van der Waals surface area contributed by atoms with Crippen LogP contribution in [0.15, 0.2) is 47.9 Å². The predicted molar refractivity (Wildman–Crippen MR) is 79.8 cm³/mol. The van der Waals surface area contributed by atoms with Crippen molar-refractivity contribution in [3.63, 3.8) is 0 Å². The average Bonchev–Trinajstić information content (AvgIpc) is 3.13. The van der Waals surface area contributed by atoms with E-state index in [1.54, 1.807) is 12.4 Å². The van der Waals surface area contributed by atoms with Gasteiger partial charge in [-0.2, -0.15) is 5.10 Å². The molecule has 21 heavy (non-hydrogen) atoms. The molecule has 0 amide bonds. The number of hydrogen-bond acceptors (Lipinski definition) is 3. The van der Waals surface area contributed by atoms with Gasteiger partial charge in [0.15, 0.2) is 5.65 Å². The molecule has 5 nitrogen and oxygen atoms in total. The molecule has 108 valence electrons. The lowest BCUT2D eigenvalue weighted by Gasteiger charge is -1.95. The van der Waals surface area contributed by atoms with E-state index in [1.165, 1.54) is 6.08 Å². The van der Waals surface area contributed by atoms with E-state index >= 15 is 0 Å². The summed E-state index contributed by atoms with van der Waals surface area (Å²) in [6.07, 6.45) is 5.66. The normalized spacial score (nSPS) is 13.2. The number of aromatic nitrogens is 4. The lowest BCUT2D eigenvalue weighted by atomic mass is 10.2. The second kappa shape index (κ2) is 6.01. The molecular formula is C14H13FN4OS. The van der Waals surface area contributed by atoms with Gasteiger partial charge in [0.1, 0.15) is 0 Å². The van der Waals surface area contributed by atoms with E-state index in [1.807, 2.05) is 18.2 Å². The van der Waals surface area contributed by atoms with Crippen molar-refractivity contribution in [1.29, 1.82) is 0 Å². The summed E-state index contributed by atoms with van der Waals surface area (Å²) >= 11 is 0. The van der Waals surface area contributed by atoms with Crippen LogP contribution in [0.1, 0.15) is 6.42 Å². The van der Waals surface area contributed by atoms with Gasteiger partial charge in [0.2, 0.25) is 0 Å². The highest BCUT2D eigenvalue weighted by Crippen LogP contribution is 2.25. The van der Waals surface area contributed by atoms with Crippen LogP contribution >= 0.6 is 0 Å². The summed E-state index contributed by atoms with van der Waals surface area (Å²) in [6.45, 7) is 0. The van der Waals surface area contributed by atoms with Crippen LogP contribution < -0.4 is 0 Å². The first kappa shape index (κ1) is 13.7. The highest BCUT2D eigenvalue weighted by molar-refractivity contribution is 7.85. The van der Waals surface area contributed by atoms with E-state index in [2.05, 4.69) is 20.2 Å². The number of nitrogens with zero attached hydrogens (tertiary/aromatic N) is 2. The molecule has 2 N–H and O–H groups in total. The molecule has 0 fully saturated rings. The number of pyridine rings is 1. The van der Waals surface area contributed by atoms with Crippen LogP contribution in [-0.4, -0.2) is 30.1 Å². The zero-order chi connectivity index (χ0) is 14.7. The van der Waals surface area contributed by atoms with Crippen LogP contribution in [0.3, 0.4) is 0 Å². The van der Waals surface area contributed by atoms with Gasteiger partial charge < -0.3 is 4.98 Å². The highest BCUT2D eigenvalue weighted by atomic mass is 32.2. The van der Waals surface area contributed by atoms with Crippen molar-refractivity contribution in [2.75, 3.05) is 5.75 Å². The second-order valence-electron chi connectivity index (χ2n) is 4.42. The molecule has 1 atom stereocenters. The molecule has 0 aliphatic heterocycles. The number of nitrogens with one attached hydrogen (secondary N) is 2. The molecular weight excluding hydrogens is 291 g/mol. The molecule has 0 spiro atoms. The molecule has 3 aromatic rings. The minimum Gasteiger partial charge on any atom is -0.359 e. The van der Waals surface area contributed by atoms with E-state index < -0.39 is 10.8 Å². The Balaban J connectivity index is 1.86. The van der Waals surface area contributed by atoms with Crippen LogP contribution in [0, 0.1) is 0 Å². The predicted octanol–water partition coefficient (Wildman–Crippen LogP) is 2.93. The number of rotatable bonds is 5. The molecule has 0 aliphatic rings. The first-order valence-corrected chi connectivity index (χ1v) is 7.73. The zero-order valence-corrected chi connectivity index (χ0v) is 11.9. The Hall–Kier alpha value is -2.28. The quantitative estimate of drug-likeness (QED) is 0.761. The molecule has 3 rings (SSSR count). The summed E-state index contributed by atoms with van der Waals surface area (Å²) < 4.78 is 23.9. The van der Waals surface area contributed by atoms with Crippen molar-refractivity contribution >= 4 is 21.8 Å². The number of aromatic amines is 2. The summed E-state index contributed by atoms with van der Waals surface area (Å²) in [5.41, 5.74) is 2.25. The Morgan fingerprint density at radius 1 is 1.43 bits per heavy atom. The topological polar surface area (TPSA) is 74.4 Å². The molecule has 3 heterocycles. The maximum absolute atomic E-state index is 12.1. The van der Waals surface area contributed by atoms with Gasteiger partial charge in [-0.25, -0.2) is 9.37 Å². The summed E-state index contributed by atoms with van der Waals surface area (Å²) in [6, 6.07) is 5.58. The van der Waals surface area contributed by atoms with Gasteiger partial charge in [0, 0.05) is 23.5 Å². The SMILES string of the molecule is O=S(CC/C=C/F)c1c[nH]c(-c2[nH]nc3ncccc23)c1. The van der Waals surface area contributed by atoms with Crippen LogP contribution in [0.4, 0.5) is 4.39 Å². The molecule has 0 radical (unpaired) electrons. The molecule has 0 aliphatic carbocycles. The van der Waals surface area contributed by atoms with Crippen LogP contribution in [-0.2, 0) is 10.8 Å². The fraction of sp³-hybridized carbons (Fsp3) is 0.143. The first-order chi connectivity index (χ1) is 10.3. The number of hydrogen-bond donors (Lipinski definition) is 2. The maximum Gasteiger partial charge on any atom is 0.181 e. The van der Waals surface area contributed by atoms with Crippen molar-refractivity contribution in [3.8, 4) is 11.4 Å². The second-order valence-corrected chi connectivity index (χ2v) is 5.99. The van der Waals surface area contributed by atoms with Crippen molar-refractivity contribution in [2.24, 2.45) is 0 Å². The summed E-state index contributed by atoms with van der Waals surface area (Å²) in [5.74, 6) is 0.392. The zero-order valence-electron chi connectivity index (χ0n) is 11.0. The minimum atomic E-state index is -1.16. The third kappa shape index (κ3) is 2.78. The molecule has 0 aromatic carbocycles. The minimum absolute atomic E-state index is 0.392. The monoisotopic (exact) mass is 304 g/mol. The van der Waals surface area contributed by atoms with Crippen molar-refractivity contribution < 1.29 is 8.60 Å².